The summed E-state index contributed by atoms with van der Waals surface area (Å²) < 4.78 is 11.1. The van der Waals surface area contributed by atoms with Crippen LogP contribution >= 0.6 is 0 Å². The Morgan fingerprint density at radius 3 is 1.11 bits per heavy atom. The molecular weight excluding hydrogens is 779 g/mol. The monoisotopic (exact) mass is 817 g/mol. The lowest BCUT2D eigenvalue weighted by atomic mass is 9.98. The second kappa shape index (κ2) is 14.5. The molecule has 13 rings (SSSR count). The summed E-state index contributed by atoms with van der Waals surface area (Å²) in [5, 5.41) is 7.30. The van der Waals surface area contributed by atoms with Crippen LogP contribution in [0.2, 0.25) is 0 Å². The van der Waals surface area contributed by atoms with Crippen LogP contribution in [0.25, 0.3) is 99.2 Å². The normalized spacial score (nSPS) is 11.8. The first-order valence-electron chi connectivity index (χ1n) is 21.8. The molecule has 64 heavy (non-hydrogen) atoms. The van der Waals surface area contributed by atoms with Crippen molar-refractivity contribution in [3.05, 3.63) is 237 Å². The van der Waals surface area contributed by atoms with Crippen molar-refractivity contribution in [1.82, 2.24) is 9.13 Å². The molecule has 3 aromatic heterocycles. The third-order valence-corrected chi connectivity index (χ3v) is 13.0. The molecule has 0 atom stereocenters. The molecule has 4 heteroatoms. The first kappa shape index (κ1) is 36.1. The fourth-order valence-corrected chi connectivity index (χ4v) is 9.97. The number of anilines is 3. The number of para-hydroxylation sites is 6. The van der Waals surface area contributed by atoms with Gasteiger partial charge in [0.2, 0.25) is 0 Å². The minimum atomic E-state index is 0.911. The van der Waals surface area contributed by atoms with Gasteiger partial charge in [-0.1, -0.05) is 146 Å². The van der Waals surface area contributed by atoms with Gasteiger partial charge in [-0.2, -0.15) is 0 Å². The molecule has 0 bridgehead atoms. The van der Waals surface area contributed by atoms with Gasteiger partial charge in [0.05, 0.1) is 22.1 Å². The Bertz CT molecular complexity index is 3610. The van der Waals surface area contributed by atoms with Crippen molar-refractivity contribution in [3.63, 3.8) is 0 Å². The molecule has 0 N–H and O–H groups in total. The third kappa shape index (κ3) is 5.70. The molecule has 4 nitrogen and oxygen atoms in total. The second-order valence-electron chi connectivity index (χ2n) is 16.5. The maximum atomic E-state index is 6.37. The highest BCUT2D eigenvalue weighted by Gasteiger charge is 2.18. The Kier molecular flexibility index (Phi) is 8.18. The Hall–Kier alpha value is -8.60. The lowest BCUT2D eigenvalue weighted by Crippen LogP contribution is -2.10. The van der Waals surface area contributed by atoms with Crippen molar-refractivity contribution in [1.29, 1.82) is 0 Å². The Morgan fingerprint density at radius 1 is 0.281 bits per heavy atom. The molecule has 13 aromatic rings. The lowest BCUT2D eigenvalue weighted by molar-refractivity contribution is 0.670. The number of hydrogen-bond donors (Lipinski definition) is 0. The van der Waals surface area contributed by atoms with E-state index in [0.717, 1.165) is 72.6 Å². The lowest BCUT2D eigenvalue weighted by Gasteiger charge is -2.26. The zero-order chi connectivity index (χ0) is 42.1. The summed E-state index contributed by atoms with van der Waals surface area (Å²) >= 11 is 0. The van der Waals surface area contributed by atoms with E-state index in [1.54, 1.807) is 0 Å². The van der Waals surface area contributed by atoms with Crippen LogP contribution < -0.4 is 4.90 Å². The maximum absolute atomic E-state index is 6.37. The maximum Gasteiger partial charge on any atom is 0.143 e. The van der Waals surface area contributed by atoms with Crippen molar-refractivity contribution < 1.29 is 4.42 Å². The summed E-state index contributed by atoms with van der Waals surface area (Å²) in [7, 11) is 0. The van der Waals surface area contributed by atoms with Crippen LogP contribution in [0.3, 0.4) is 0 Å². The predicted molar refractivity (Wildman–Crippen MR) is 268 cm³/mol. The molecule has 0 unspecified atom stereocenters. The Labute approximate surface area is 369 Å². The predicted octanol–water partition coefficient (Wildman–Crippen LogP) is 16.6. The number of rotatable bonds is 7. The number of furan rings is 1. The van der Waals surface area contributed by atoms with E-state index in [1.165, 1.54) is 43.6 Å². The highest BCUT2D eigenvalue weighted by atomic mass is 16.3. The van der Waals surface area contributed by atoms with E-state index in [4.69, 9.17) is 4.42 Å². The average Bonchev–Trinajstić information content (AvgIpc) is 4.03. The molecule has 0 radical (unpaired) electrons. The van der Waals surface area contributed by atoms with Crippen molar-refractivity contribution in [2.24, 2.45) is 0 Å². The van der Waals surface area contributed by atoms with Crippen LogP contribution in [0.4, 0.5) is 17.1 Å². The van der Waals surface area contributed by atoms with Crippen LogP contribution in [0.1, 0.15) is 0 Å². The van der Waals surface area contributed by atoms with Gasteiger partial charge < -0.3 is 18.5 Å². The molecule has 3 heterocycles. The first-order valence-corrected chi connectivity index (χ1v) is 21.8. The van der Waals surface area contributed by atoms with Crippen molar-refractivity contribution in [2.75, 3.05) is 4.90 Å². The van der Waals surface area contributed by atoms with Gasteiger partial charge in [0.25, 0.3) is 0 Å². The van der Waals surface area contributed by atoms with E-state index >= 15 is 0 Å². The van der Waals surface area contributed by atoms with E-state index in [9.17, 15) is 0 Å². The van der Waals surface area contributed by atoms with Gasteiger partial charge in [0.15, 0.2) is 0 Å². The SMILES string of the molecule is c1ccc2c(c1)oc1c(-c3ccc(-c4ccc(N(c5ccc(-n6c7ccccc7c7ccccc76)cc5)c5ccc(-n6c7ccccc7c7ccccc76)cc5)cc4)cc3)cccc12. The van der Waals surface area contributed by atoms with Crippen LogP contribution in [0.15, 0.2) is 241 Å². The van der Waals surface area contributed by atoms with Crippen LogP contribution in [-0.4, -0.2) is 9.13 Å². The Morgan fingerprint density at radius 2 is 0.641 bits per heavy atom. The molecule has 0 spiro atoms. The van der Waals surface area contributed by atoms with E-state index in [2.05, 4.69) is 238 Å². The molecule has 10 aromatic carbocycles. The van der Waals surface area contributed by atoms with Gasteiger partial charge in [-0.3, -0.25) is 0 Å². The molecule has 300 valence electrons. The molecule has 0 aliphatic rings. The molecule has 0 saturated heterocycles. The molecule has 0 amide bonds. The molecule has 0 fully saturated rings. The van der Waals surface area contributed by atoms with E-state index < -0.39 is 0 Å². The second-order valence-corrected chi connectivity index (χ2v) is 16.5. The largest absolute Gasteiger partial charge is 0.455 e. The Balaban J connectivity index is 0.883. The van der Waals surface area contributed by atoms with Gasteiger partial charge in [-0.15, -0.1) is 0 Å². The smallest absolute Gasteiger partial charge is 0.143 e. The van der Waals surface area contributed by atoms with Gasteiger partial charge in [-0.05, 0) is 108 Å². The summed E-state index contributed by atoms with van der Waals surface area (Å²) in [5.74, 6) is 0. The fourth-order valence-electron chi connectivity index (χ4n) is 9.97. The number of aromatic nitrogens is 2. The molecule has 0 aliphatic heterocycles. The summed E-state index contributed by atoms with van der Waals surface area (Å²) in [5.41, 5.74) is 16.6. The highest BCUT2D eigenvalue weighted by molar-refractivity contribution is 6.11. The van der Waals surface area contributed by atoms with Crippen molar-refractivity contribution in [2.45, 2.75) is 0 Å². The number of hydrogen-bond acceptors (Lipinski definition) is 2. The minimum absolute atomic E-state index is 0.911. The van der Waals surface area contributed by atoms with Crippen LogP contribution in [0.5, 0.6) is 0 Å². The standard InChI is InChI=1S/C60H39N3O/c1-6-19-55-49(12-1)50-13-2-7-20-56(50)62(55)46-36-32-44(33-37-46)61(45-34-38-47(39-35-45)63-57-21-8-3-14-51(57)52-15-4-9-22-58(52)63)43-30-28-41(29-31-43)40-24-26-42(27-25-40)48-17-11-18-54-53-16-5-10-23-59(53)64-60(48)54/h1-39H. The summed E-state index contributed by atoms with van der Waals surface area (Å²) in [6.07, 6.45) is 0. The minimum Gasteiger partial charge on any atom is -0.455 e. The van der Waals surface area contributed by atoms with Gasteiger partial charge in [0.1, 0.15) is 11.2 Å². The first-order chi connectivity index (χ1) is 31.7. The van der Waals surface area contributed by atoms with Gasteiger partial charge in [-0.25, -0.2) is 0 Å². The van der Waals surface area contributed by atoms with Crippen LogP contribution in [-0.2, 0) is 0 Å². The number of fused-ring (bicyclic) bond motifs is 9. The quantitative estimate of drug-likeness (QED) is 0.160. The summed E-state index contributed by atoms with van der Waals surface area (Å²) in [6.45, 7) is 0. The van der Waals surface area contributed by atoms with Crippen molar-refractivity contribution >= 4 is 82.6 Å². The topological polar surface area (TPSA) is 26.2 Å². The summed E-state index contributed by atoms with van der Waals surface area (Å²) in [4.78, 5) is 2.35. The zero-order valence-electron chi connectivity index (χ0n) is 34.8. The molecule has 0 saturated carbocycles. The fraction of sp³-hybridized carbons (Fsp3) is 0. The highest BCUT2D eigenvalue weighted by Crippen LogP contribution is 2.41. The van der Waals surface area contributed by atoms with E-state index in [0.29, 0.717) is 0 Å². The van der Waals surface area contributed by atoms with Crippen molar-refractivity contribution in [3.8, 4) is 33.6 Å². The van der Waals surface area contributed by atoms with E-state index in [1.807, 2.05) is 12.1 Å². The average molecular weight is 818 g/mol. The zero-order valence-corrected chi connectivity index (χ0v) is 34.8. The van der Waals surface area contributed by atoms with Crippen LogP contribution in [0, 0.1) is 0 Å². The van der Waals surface area contributed by atoms with Gasteiger partial charge >= 0.3 is 0 Å². The summed E-state index contributed by atoms with van der Waals surface area (Å²) in [6, 6.07) is 85.1. The number of nitrogens with zero attached hydrogens (tertiary/aromatic N) is 3. The van der Waals surface area contributed by atoms with Gasteiger partial charge in [0, 0.05) is 66.3 Å². The molecule has 0 aliphatic carbocycles. The third-order valence-electron chi connectivity index (χ3n) is 13.0. The van der Waals surface area contributed by atoms with E-state index in [-0.39, 0.29) is 0 Å². The number of benzene rings is 10. The molecular formula is C60H39N3O.